The number of halogens is 2. The second-order valence-electron chi connectivity index (χ2n) is 5.16. The van der Waals surface area contributed by atoms with Crippen LogP contribution in [0.15, 0.2) is 35.5 Å². The predicted molar refractivity (Wildman–Crippen MR) is 88.3 cm³/mol. The maximum absolute atomic E-state index is 13.3. The van der Waals surface area contributed by atoms with Gasteiger partial charge in [0.25, 0.3) is 0 Å². The van der Waals surface area contributed by atoms with Gasteiger partial charge < -0.3 is 5.32 Å². The van der Waals surface area contributed by atoms with Gasteiger partial charge in [0, 0.05) is 13.1 Å². The Hall–Kier alpha value is -2.42. The number of imidazole rings is 1. The summed E-state index contributed by atoms with van der Waals surface area (Å²) in [4.78, 5) is 16.2. The molecule has 0 bridgehead atoms. The minimum Gasteiger partial charge on any atom is -0.310 e. The topological polar surface area (TPSA) is 64.7 Å². The molecule has 0 saturated carbocycles. The molecule has 1 amide bonds. The molecular formula is C15H15F2N5OS. The number of rotatable bonds is 5. The number of benzene rings is 1. The van der Waals surface area contributed by atoms with Crippen molar-refractivity contribution in [1.82, 2.24) is 19.3 Å². The van der Waals surface area contributed by atoms with Crippen LogP contribution in [0.25, 0.3) is 11.0 Å². The normalized spacial score (nSPS) is 11.4. The molecule has 0 radical (unpaired) electrons. The first-order valence-electron chi connectivity index (χ1n) is 7.14. The number of aryl methyl sites for hydroxylation is 2. The lowest BCUT2D eigenvalue weighted by Gasteiger charge is -2.07. The number of carbonyl (C=O) groups excluding carboxylic acids is 1. The van der Waals surface area contributed by atoms with Gasteiger partial charge in [-0.1, -0.05) is 23.9 Å². The molecule has 0 aliphatic rings. The van der Waals surface area contributed by atoms with Gasteiger partial charge in [0.05, 0.1) is 22.5 Å². The van der Waals surface area contributed by atoms with Gasteiger partial charge in [0.15, 0.2) is 5.16 Å². The Kier molecular flexibility index (Phi) is 4.52. The van der Waals surface area contributed by atoms with Crippen LogP contribution in [0.5, 0.6) is 0 Å². The third-order valence-electron chi connectivity index (χ3n) is 3.36. The predicted octanol–water partition coefficient (Wildman–Crippen LogP) is 3.20. The standard InChI is InChI=1S/C15H15F2N5OS/c1-9-7-12(21(2)20-9)19-13(23)8-24-15-18-10-5-3-4-6-11(10)22(15)14(16)17/h3-7,14H,8H2,1-2H3,(H,19,23). The van der Waals surface area contributed by atoms with Gasteiger partial charge >= 0.3 is 6.55 Å². The molecule has 1 aromatic carbocycles. The number of carbonyl (C=O) groups is 1. The highest BCUT2D eigenvalue weighted by molar-refractivity contribution is 7.99. The number of aromatic nitrogens is 4. The van der Waals surface area contributed by atoms with E-state index in [2.05, 4.69) is 15.4 Å². The molecule has 0 saturated heterocycles. The van der Waals surface area contributed by atoms with E-state index in [1.807, 2.05) is 6.92 Å². The fraction of sp³-hybridized carbons (Fsp3) is 0.267. The van der Waals surface area contributed by atoms with Crippen molar-refractivity contribution >= 4 is 34.5 Å². The molecule has 9 heteroatoms. The zero-order valence-electron chi connectivity index (χ0n) is 13.0. The van der Waals surface area contributed by atoms with E-state index in [0.717, 1.165) is 22.0 Å². The van der Waals surface area contributed by atoms with Gasteiger partial charge in [0.1, 0.15) is 5.82 Å². The number of alkyl halides is 2. The van der Waals surface area contributed by atoms with Crippen LogP contribution in [0, 0.1) is 6.92 Å². The Labute approximate surface area is 140 Å². The summed E-state index contributed by atoms with van der Waals surface area (Å²) in [6.45, 7) is -0.905. The number of amides is 1. The highest BCUT2D eigenvalue weighted by atomic mass is 32.2. The number of nitrogens with zero attached hydrogens (tertiary/aromatic N) is 4. The quantitative estimate of drug-likeness (QED) is 0.717. The van der Waals surface area contributed by atoms with Crippen LogP contribution >= 0.6 is 11.8 Å². The smallest absolute Gasteiger partial charge is 0.310 e. The molecule has 0 fully saturated rings. The highest BCUT2D eigenvalue weighted by Gasteiger charge is 2.19. The second-order valence-corrected chi connectivity index (χ2v) is 6.10. The van der Waals surface area contributed by atoms with E-state index in [1.165, 1.54) is 0 Å². The van der Waals surface area contributed by atoms with Gasteiger partial charge in [-0.15, -0.1) is 0 Å². The fourth-order valence-corrected chi connectivity index (χ4v) is 3.16. The molecule has 126 valence electrons. The van der Waals surface area contributed by atoms with Crippen LogP contribution in [0.3, 0.4) is 0 Å². The molecule has 24 heavy (non-hydrogen) atoms. The minimum atomic E-state index is -2.72. The number of anilines is 1. The Morgan fingerprint density at radius 3 is 2.79 bits per heavy atom. The number of fused-ring (bicyclic) bond motifs is 1. The van der Waals surface area contributed by atoms with Crippen LogP contribution in [0.2, 0.25) is 0 Å². The average molecular weight is 351 g/mol. The fourth-order valence-electron chi connectivity index (χ4n) is 2.35. The zero-order valence-corrected chi connectivity index (χ0v) is 13.8. The molecule has 0 aliphatic heterocycles. The van der Waals surface area contributed by atoms with Crippen LogP contribution in [-0.2, 0) is 11.8 Å². The van der Waals surface area contributed by atoms with Crippen molar-refractivity contribution < 1.29 is 13.6 Å². The van der Waals surface area contributed by atoms with Crippen molar-refractivity contribution in [2.24, 2.45) is 7.05 Å². The molecule has 2 aromatic heterocycles. The Balaban J connectivity index is 1.74. The van der Waals surface area contributed by atoms with Crippen molar-refractivity contribution in [3.8, 4) is 0 Å². The van der Waals surface area contributed by atoms with Crippen LogP contribution in [0.1, 0.15) is 12.2 Å². The summed E-state index contributed by atoms with van der Waals surface area (Å²) >= 11 is 0.971. The summed E-state index contributed by atoms with van der Waals surface area (Å²) in [7, 11) is 1.71. The number of thioether (sulfide) groups is 1. The number of para-hydroxylation sites is 2. The van der Waals surface area contributed by atoms with Crippen molar-refractivity contribution in [1.29, 1.82) is 0 Å². The van der Waals surface area contributed by atoms with Crippen LogP contribution < -0.4 is 5.32 Å². The summed E-state index contributed by atoms with van der Waals surface area (Å²) in [5.74, 6) is 0.219. The molecular weight excluding hydrogens is 336 g/mol. The third kappa shape index (κ3) is 3.25. The summed E-state index contributed by atoms with van der Waals surface area (Å²) in [6, 6.07) is 8.39. The lowest BCUT2D eigenvalue weighted by atomic mass is 10.3. The summed E-state index contributed by atoms with van der Waals surface area (Å²) in [5.41, 5.74) is 1.60. The summed E-state index contributed by atoms with van der Waals surface area (Å²) < 4.78 is 29.0. The summed E-state index contributed by atoms with van der Waals surface area (Å²) in [6.07, 6.45) is 0. The SMILES string of the molecule is Cc1cc(NC(=O)CSc2nc3ccccc3n2C(F)F)n(C)n1. The first-order chi connectivity index (χ1) is 11.5. The van der Waals surface area contributed by atoms with Crippen molar-refractivity contribution in [2.75, 3.05) is 11.1 Å². The largest absolute Gasteiger partial charge is 0.321 e. The van der Waals surface area contributed by atoms with Gasteiger partial charge in [0.2, 0.25) is 5.91 Å². The third-order valence-corrected chi connectivity index (χ3v) is 4.31. The van der Waals surface area contributed by atoms with E-state index in [9.17, 15) is 13.6 Å². The number of nitrogens with one attached hydrogen (secondary N) is 1. The lowest BCUT2D eigenvalue weighted by molar-refractivity contribution is -0.113. The average Bonchev–Trinajstić information content (AvgIpc) is 3.04. The van der Waals surface area contributed by atoms with Crippen molar-refractivity contribution in [3.63, 3.8) is 0 Å². The van der Waals surface area contributed by atoms with Crippen molar-refractivity contribution in [2.45, 2.75) is 18.6 Å². The monoisotopic (exact) mass is 351 g/mol. The second kappa shape index (κ2) is 6.60. The minimum absolute atomic E-state index is 0.0275. The lowest BCUT2D eigenvalue weighted by Crippen LogP contribution is -2.17. The van der Waals surface area contributed by atoms with E-state index < -0.39 is 6.55 Å². The molecule has 3 aromatic rings. The molecule has 0 aliphatic carbocycles. The van der Waals surface area contributed by atoms with Crippen LogP contribution in [0.4, 0.5) is 14.6 Å². The first-order valence-corrected chi connectivity index (χ1v) is 8.12. The highest BCUT2D eigenvalue weighted by Crippen LogP contribution is 2.29. The van der Waals surface area contributed by atoms with Crippen molar-refractivity contribution in [3.05, 3.63) is 36.0 Å². The van der Waals surface area contributed by atoms with E-state index in [4.69, 9.17) is 0 Å². The maximum atomic E-state index is 13.3. The summed E-state index contributed by atoms with van der Waals surface area (Å²) in [5, 5.41) is 6.94. The molecule has 6 nitrogen and oxygen atoms in total. The van der Waals surface area contributed by atoms with Gasteiger partial charge in [-0.3, -0.25) is 14.0 Å². The van der Waals surface area contributed by atoms with Crippen LogP contribution in [-0.4, -0.2) is 31.0 Å². The Morgan fingerprint density at radius 1 is 1.38 bits per heavy atom. The van der Waals surface area contributed by atoms with E-state index >= 15 is 0 Å². The molecule has 1 N–H and O–H groups in total. The Morgan fingerprint density at radius 2 is 2.12 bits per heavy atom. The molecule has 0 unspecified atom stereocenters. The van der Waals surface area contributed by atoms with E-state index in [0.29, 0.717) is 16.9 Å². The van der Waals surface area contributed by atoms with Gasteiger partial charge in [-0.2, -0.15) is 13.9 Å². The van der Waals surface area contributed by atoms with E-state index in [-0.39, 0.29) is 16.8 Å². The molecule has 0 spiro atoms. The molecule has 3 rings (SSSR count). The van der Waals surface area contributed by atoms with E-state index in [1.54, 1.807) is 42.1 Å². The number of hydrogen-bond acceptors (Lipinski definition) is 4. The van der Waals surface area contributed by atoms with Gasteiger partial charge in [-0.05, 0) is 19.1 Å². The molecule has 2 heterocycles. The first kappa shape index (κ1) is 16.4. The maximum Gasteiger partial charge on any atom is 0.321 e. The Bertz CT molecular complexity index is 889. The van der Waals surface area contributed by atoms with Gasteiger partial charge in [-0.25, -0.2) is 4.98 Å². The zero-order chi connectivity index (χ0) is 17.3. The number of hydrogen-bond donors (Lipinski definition) is 1. The molecule has 0 atom stereocenters.